The van der Waals surface area contributed by atoms with Crippen LogP contribution in [0.2, 0.25) is 5.02 Å². The highest BCUT2D eigenvalue weighted by molar-refractivity contribution is 6.34. The van der Waals surface area contributed by atoms with Gasteiger partial charge in [-0.2, -0.15) is 5.10 Å². The molecule has 2 N–H and O–H groups in total. The van der Waals surface area contributed by atoms with Crippen LogP contribution in [0.3, 0.4) is 0 Å². The minimum absolute atomic E-state index is 0.00998. The number of rotatable bonds is 5. The van der Waals surface area contributed by atoms with E-state index >= 15 is 0 Å². The lowest BCUT2D eigenvalue weighted by molar-refractivity contribution is -0.117. The van der Waals surface area contributed by atoms with E-state index in [9.17, 15) is 4.79 Å². The van der Waals surface area contributed by atoms with E-state index in [2.05, 4.69) is 15.5 Å². The Hall–Kier alpha value is -2.99. The summed E-state index contributed by atoms with van der Waals surface area (Å²) in [6.45, 7) is 0.616. The topological polar surface area (TPSA) is 70.2 Å². The molecular weight excluding hydrogens is 364 g/mol. The molecule has 7 heteroatoms. The van der Waals surface area contributed by atoms with Crippen LogP contribution in [0.5, 0.6) is 5.75 Å². The van der Waals surface area contributed by atoms with Gasteiger partial charge in [-0.15, -0.1) is 0 Å². The van der Waals surface area contributed by atoms with E-state index in [0.29, 0.717) is 18.0 Å². The minimum Gasteiger partial charge on any atom is -0.497 e. The van der Waals surface area contributed by atoms with E-state index in [1.54, 1.807) is 24.4 Å². The molecule has 1 atom stereocenters. The second kappa shape index (κ2) is 7.32. The van der Waals surface area contributed by atoms with Crippen molar-refractivity contribution in [1.82, 2.24) is 10.2 Å². The Balaban J connectivity index is 1.51. The lowest BCUT2D eigenvalue weighted by atomic mass is 10.1. The zero-order valence-corrected chi connectivity index (χ0v) is 15.5. The van der Waals surface area contributed by atoms with Crippen LogP contribution >= 0.6 is 11.6 Å². The number of benzene rings is 2. The lowest BCUT2D eigenvalue weighted by Crippen LogP contribution is -2.33. The lowest BCUT2D eigenvalue weighted by Gasteiger charge is -2.19. The normalized spacial score (nSPS) is 16.6. The van der Waals surface area contributed by atoms with Gasteiger partial charge in [-0.05, 0) is 36.2 Å². The van der Waals surface area contributed by atoms with Gasteiger partial charge in [0.15, 0.2) is 0 Å². The standard InChI is InChI=1S/C20H19ClN4O2/c1-27-16-4-2-3-15(10-16)24-18-7-8-25(20(18)26)19-6-5-13(9-17(19)21)14-11-22-23-12-14/h2-6,9-12,18,24H,7-8H2,1H3,(H,22,23). The quantitative estimate of drug-likeness (QED) is 0.700. The van der Waals surface area contributed by atoms with E-state index in [0.717, 1.165) is 28.3 Å². The third kappa shape index (κ3) is 3.48. The number of carbonyl (C=O) groups excluding carboxylic acids is 1. The number of hydrogen-bond acceptors (Lipinski definition) is 4. The van der Waals surface area contributed by atoms with Crippen molar-refractivity contribution in [1.29, 1.82) is 0 Å². The number of amides is 1. The molecule has 6 nitrogen and oxygen atoms in total. The number of H-pyrrole nitrogens is 1. The molecule has 1 aliphatic rings. The molecule has 0 radical (unpaired) electrons. The summed E-state index contributed by atoms with van der Waals surface area (Å²) < 4.78 is 5.23. The van der Waals surface area contributed by atoms with Crippen molar-refractivity contribution < 1.29 is 9.53 Å². The zero-order valence-electron chi connectivity index (χ0n) is 14.8. The maximum Gasteiger partial charge on any atom is 0.249 e. The summed E-state index contributed by atoms with van der Waals surface area (Å²) in [7, 11) is 1.62. The molecule has 4 rings (SSSR count). The maximum absolute atomic E-state index is 12.9. The predicted octanol–water partition coefficient (Wildman–Crippen LogP) is 3.96. The second-order valence-corrected chi connectivity index (χ2v) is 6.77. The van der Waals surface area contributed by atoms with Gasteiger partial charge in [0.1, 0.15) is 11.8 Å². The van der Waals surface area contributed by atoms with Crippen molar-refractivity contribution in [3.05, 3.63) is 59.9 Å². The number of carbonyl (C=O) groups is 1. The first-order valence-corrected chi connectivity index (χ1v) is 9.04. The second-order valence-electron chi connectivity index (χ2n) is 6.36. The van der Waals surface area contributed by atoms with Crippen LogP contribution in [0.4, 0.5) is 11.4 Å². The largest absolute Gasteiger partial charge is 0.497 e. The molecule has 1 unspecified atom stereocenters. The molecule has 0 aliphatic carbocycles. The number of nitrogens with one attached hydrogen (secondary N) is 2. The van der Waals surface area contributed by atoms with E-state index in [-0.39, 0.29) is 11.9 Å². The highest BCUT2D eigenvalue weighted by atomic mass is 35.5. The number of methoxy groups -OCH3 is 1. The molecule has 1 saturated heterocycles. The number of hydrogen-bond donors (Lipinski definition) is 2. The Kier molecular flexibility index (Phi) is 4.73. The highest BCUT2D eigenvalue weighted by Gasteiger charge is 2.33. The number of nitrogens with zero attached hydrogens (tertiary/aromatic N) is 2. The van der Waals surface area contributed by atoms with Crippen molar-refractivity contribution in [2.24, 2.45) is 0 Å². The van der Waals surface area contributed by atoms with E-state index in [4.69, 9.17) is 16.3 Å². The first kappa shape index (κ1) is 17.4. The van der Waals surface area contributed by atoms with Gasteiger partial charge in [0, 0.05) is 30.1 Å². The fourth-order valence-electron chi connectivity index (χ4n) is 3.28. The highest BCUT2D eigenvalue weighted by Crippen LogP contribution is 2.34. The third-order valence-corrected chi connectivity index (χ3v) is 4.99. The fraction of sp³-hybridized carbons (Fsp3) is 0.200. The number of ether oxygens (including phenoxy) is 1. The molecule has 0 saturated carbocycles. The Bertz CT molecular complexity index is 958. The van der Waals surface area contributed by atoms with Gasteiger partial charge in [0.2, 0.25) is 5.91 Å². The third-order valence-electron chi connectivity index (χ3n) is 4.69. The average Bonchev–Trinajstić information content (AvgIpc) is 3.33. The van der Waals surface area contributed by atoms with Crippen LogP contribution in [0.25, 0.3) is 11.1 Å². The summed E-state index contributed by atoms with van der Waals surface area (Å²) in [5.41, 5.74) is 3.49. The molecule has 1 aliphatic heterocycles. The van der Waals surface area contributed by atoms with Crippen LogP contribution in [0.15, 0.2) is 54.9 Å². The number of aromatic nitrogens is 2. The molecule has 1 aromatic heterocycles. The zero-order chi connectivity index (χ0) is 18.8. The SMILES string of the molecule is COc1cccc(NC2CCN(c3ccc(-c4cn[nH]c4)cc3Cl)C2=O)c1. The Morgan fingerprint density at radius 1 is 1.26 bits per heavy atom. The van der Waals surface area contributed by atoms with Crippen molar-refractivity contribution in [3.63, 3.8) is 0 Å². The van der Waals surface area contributed by atoms with Gasteiger partial charge in [0.05, 0.1) is 24.0 Å². The molecule has 2 heterocycles. The molecule has 2 aromatic carbocycles. The fourth-order valence-corrected chi connectivity index (χ4v) is 3.56. The summed E-state index contributed by atoms with van der Waals surface area (Å²) in [6, 6.07) is 13.0. The smallest absolute Gasteiger partial charge is 0.249 e. The van der Waals surface area contributed by atoms with Crippen molar-refractivity contribution >= 4 is 28.9 Å². The Labute approximate surface area is 162 Å². The van der Waals surface area contributed by atoms with Gasteiger partial charge in [-0.3, -0.25) is 9.89 Å². The van der Waals surface area contributed by atoms with Crippen LogP contribution < -0.4 is 15.0 Å². The molecular formula is C20H19ClN4O2. The molecule has 138 valence electrons. The van der Waals surface area contributed by atoms with E-state index < -0.39 is 0 Å². The first-order valence-electron chi connectivity index (χ1n) is 8.66. The van der Waals surface area contributed by atoms with E-state index in [1.807, 2.05) is 42.5 Å². The summed E-state index contributed by atoms with van der Waals surface area (Å²) in [5, 5.41) is 10.6. The van der Waals surface area contributed by atoms with Crippen LogP contribution in [-0.2, 0) is 4.79 Å². The Morgan fingerprint density at radius 3 is 2.89 bits per heavy atom. The summed E-state index contributed by atoms with van der Waals surface area (Å²) in [5.74, 6) is 0.760. The summed E-state index contributed by atoms with van der Waals surface area (Å²) >= 11 is 6.48. The van der Waals surface area contributed by atoms with Gasteiger partial charge in [0.25, 0.3) is 0 Å². The van der Waals surface area contributed by atoms with Crippen LogP contribution in [0, 0.1) is 0 Å². The first-order chi connectivity index (χ1) is 13.2. The monoisotopic (exact) mass is 382 g/mol. The van der Waals surface area contributed by atoms with Crippen LogP contribution in [-0.4, -0.2) is 35.8 Å². The van der Waals surface area contributed by atoms with Gasteiger partial charge < -0.3 is 15.0 Å². The molecule has 1 fully saturated rings. The molecule has 1 amide bonds. The minimum atomic E-state index is -0.290. The Morgan fingerprint density at radius 2 is 2.15 bits per heavy atom. The molecule has 0 bridgehead atoms. The van der Waals surface area contributed by atoms with Crippen molar-refractivity contribution in [2.45, 2.75) is 12.5 Å². The van der Waals surface area contributed by atoms with Crippen molar-refractivity contribution in [3.8, 4) is 16.9 Å². The van der Waals surface area contributed by atoms with Crippen molar-refractivity contribution in [2.75, 3.05) is 23.9 Å². The summed E-state index contributed by atoms with van der Waals surface area (Å²) in [6.07, 6.45) is 4.25. The summed E-state index contributed by atoms with van der Waals surface area (Å²) in [4.78, 5) is 14.6. The number of anilines is 2. The molecule has 0 spiro atoms. The maximum atomic E-state index is 12.9. The van der Waals surface area contributed by atoms with E-state index in [1.165, 1.54) is 0 Å². The molecule has 3 aromatic rings. The molecule has 27 heavy (non-hydrogen) atoms. The number of halogens is 1. The van der Waals surface area contributed by atoms with Crippen LogP contribution in [0.1, 0.15) is 6.42 Å². The average molecular weight is 383 g/mol. The number of aromatic amines is 1. The van der Waals surface area contributed by atoms with Gasteiger partial charge in [-0.1, -0.05) is 23.7 Å². The van der Waals surface area contributed by atoms with Gasteiger partial charge in [-0.25, -0.2) is 0 Å². The van der Waals surface area contributed by atoms with Gasteiger partial charge >= 0.3 is 0 Å². The predicted molar refractivity (Wildman–Crippen MR) is 106 cm³/mol.